The molecule has 0 N–H and O–H groups in total. The van der Waals surface area contributed by atoms with E-state index in [4.69, 9.17) is 4.74 Å². The summed E-state index contributed by atoms with van der Waals surface area (Å²) in [5, 5.41) is 0. The summed E-state index contributed by atoms with van der Waals surface area (Å²) in [4.78, 5) is 0. The Hall–Kier alpha value is -0.0400. The second-order valence-electron chi connectivity index (χ2n) is 10.2. The summed E-state index contributed by atoms with van der Waals surface area (Å²) in [6.45, 7) is 5.66. The first-order valence-corrected chi connectivity index (χ1v) is 13.4. The predicted molar refractivity (Wildman–Crippen MR) is 124 cm³/mol. The smallest absolute Gasteiger partial charge is 0.0575 e. The number of ether oxygens (including phenoxy) is 1. The van der Waals surface area contributed by atoms with Crippen molar-refractivity contribution in [3.05, 3.63) is 0 Å². The van der Waals surface area contributed by atoms with Crippen molar-refractivity contribution in [2.45, 2.75) is 148 Å². The van der Waals surface area contributed by atoms with Crippen LogP contribution in [0.2, 0.25) is 0 Å². The third-order valence-electron chi connectivity index (χ3n) is 7.80. The summed E-state index contributed by atoms with van der Waals surface area (Å²) in [6, 6.07) is 0. The van der Waals surface area contributed by atoms with Crippen molar-refractivity contribution in [2.24, 2.45) is 17.8 Å². The topological polar surface area (TPSA) is 9.23 Å². The van der Waals surface area contributed by atoms with Crippen LogP contribution in [0.1, 0.15) is 142 Å². The summed E-state index contributed by atoms with van der Waals surface area (Å²) in [5.41, 5.74) is 0. The van der Waals surface area contributed by atoms with Crippen molar-refractivity contribution in [3.8, 4) is 0 Å². The van der Waals surface area contributed by atoms with E-state index in [2.05, 4.69) is 13.8 Å². The number of rotatable bonds is 15. The molecule has 0 heterocycles. The van der Waals surface area contributed by atoms with Gasteiger partial charge in [-0.15, -0.1) is 0 Å². The van der Waals surface area contributed by atoms with Gasteiger partial charge in [0.15, 0.2) is 0 Å². The normalized spacial score (nSPS) is 28.5. The Morgan fingerprint density at radius 1 is 0.500 bits per heavy atom. The molecule has 1 nitrogen and oxygen atoms in total. The zero-order valence-corrected chi connectivity index (χ0v) is 19.6. The quantitative estimate of drug-likeness (QED) is 0.252. The van der Waals surface area contributed by atoms with Gasteiger partial charge < -0.3 is 4.74 Å². The lowest BCUT2D eigenvalue weighted by Crippen LogP contribution is -2.22. The van der Waals surface area contributed by atoms with Crippen LogP contribution in [0.5, 0.6) is 0 Å². The van der Waals surface area contributed by atoms with Crippen molar-refractivity contribution in [1.82, 2.24) is 0 Å². The maximum atomic E-state index is 6.27. The van der Waals surface area contributed by atoms with Gasteiger partial charge in [-0.3, -0.25) is 0 Å². The zero-order valence-electron chi connectivity index (χ0n) is 19.6. The van der Waals surface area contributed by atoms with Gasteiger partial charge in [-0.25, -0.2) is 0 Å². The molecule has 2 rings (SSSR count). The highest BCUT2D eigenvalue weighted by atomic mass is 16.5. The molecule has 0 aromatic heterocycles. The van der Waals surface area contributed by atoms with Crippen LogP contribution in [0, 0.1) is 17.8 Å². The highest BCUT2D eigenvalue weighted by Crippen LogP contribution is 2.34. The summed E-state index contributed by atoms with van der Waals surface area (Å²) in [6.07, 6.45) is 29.3. The minimum Gasteiger partial charge on any atom is -0.378 e. The van der Waals surface area contributed by atoms with E-state index in [1.165, 1.54) is 128 Å². The van der Waals surface area contributed by atoms with Crippen LogP contribution < -0.4 is 0 Å². The third-order valence-corrected chi connectivity index (χ3v) is 7.80. The molecule has 0 unspecified atom stereocenters. The zero-order chi connectivity index (χ0) is 19.9. The van der Waals surface area contributed by atoms with E-state index >= 15 is 0 Å². The Morgan fingerprint density at radius 2 is 0.929 bits per heavy atom. The molecule has 28 heavy (non-hydrogen) atoms. The van der Waals surface area contributed by atoms with Gasteiger partial charge in [-0.05, 0) is 56.3 Å². The van der Waals surface area contributed by atoms with Gasteiger partial charge in [0, 0.05) is 6.61 Å². The van der Waals surface area contributed by atoms with Crippen molar-refractivity contribution < 1.29 is 4.74 Å². The van der Waals surface area contributed by atoms with E-state index in [-0.39, 0.29) is 0 Å². The molecule has 0 spiro atoms. The first-order chi connectivity index (χ1) is 13.8. The molecule has 0 atom stereocenters. The predicted octanol–water partition coefficient (Wildman–Crippen LogP) is 9.09. The molecule has 0 aromatic carbocycles. The average Bonchev–Trinajstić information content (AvgIpc) is 2.73. The van der Waals surface area contributed by atoms with Crippen molar-refractivity contribution >= 4 is 0 Å². The minimum absolute atomic E-state index is 0.589. The van der Waals surface area contributed by atoms with Crippen molar-refractivity contribution in [3.63, 3.8) is 0 Å². The van der Waals surface area contributed by atoms with Crippen LogP contribution in [-0.2, 0) is 4.74 Å². The lowest BCUT2D eigenvalue weighted by atomic mass is 9.78. The first-order valence-electron chi connectivity index (χ1n) is 13.4. The molecule has 0 aliphatic heterocycles. The van der Waals surface area contributed by atoms with Crippen LogP contribution >= 0.6 is 0 Å². The Labute approximate surface area is 177 Å². The lowest BCUT2D eigenvalue weighted by molar-refractivity contribution is 0.0131. The van der Waals surface area contributed by atoms with E-state index in [1.54, 1.807) is 0 Å². The molecule has 0 aromatic rings. The van der Waals surface area contributed by atoms with E-state index in [9.17, 15) is 0 Å². The molecule has 2 aliphatic rings. The second-order valence-corrected chi connectivity index (χ2v) is 10.2. The van der Waals surface area contributed by atoms with Gasteiger partial charge in [0.25, 0.3) is 0 Å². The first kappa shape index (κ1) is 24.2. The highest BCUT2D eigenvalue weighted by molar-refractivity contribution is 4.74. The molecule has 2 saturated carbocycles. The number of hydrogen-bond donors (Lipinski definition) is 0. The monoisotopic (exact) mass is 392 g/mol. The van der Waals surface area contributed by atoms with Gasteiger partial charge in [-0.2, -0.15) is 0 Å². The average molecular weight is 393 g/mol. The van der Waals surface area contributed by atoms with Crippen LogP contribution in [0.15, 0.2) is 0 Å². The maximum absolute atomic E-state index is 6.27. The molecule has 2 aliphatic carbocycles. The third kappa shape index (κ3) is 10.7. The van der Waals surface area contributed by atoms with Gasteiger partial charge in [0.1, 0.15) is 0 Å². The molecule has 166 valence electrons. The standard InChI is InChI=1S/C27H52O/c1-3-5-7-8-10-13-25-19-21-27(22-20-25)28-23-11-14-26-17-15-24(16-18-26)12-9-6-4-2/h24-27H,3-23H2,1-2H3/t24-,25?,26-,27?. The fourth-order valence-electron chi connectivity index (χ4n) is 5.74. The van der Waals surface area contributed by atoms with E-state index in [0.29, 0.717) is 6.10 Å². The summed E-state index contributed by atoms with van der Waals surface area (Å²) >= 11 is 0. The van der Waals surface area contributed by atoms with Crippen LogP contribution in [0.25, 0.3) is 0 Å². The Kier molecular flexibility index (Phi) is 13.6. The molecule has 0 bridgehead atoms. The van der Waals surface area contributed by atoms with Gasteiger partial charge in [-0.1, -0.05) is 104 Å². The molecule has 0 saturated heterocycles. The minimum atomic E-state index is 0.589. The molecule has 2 fully saturated rings. The van der Waals surface area contributed by atoms with E-state index in [0.717, 1.165) is 24.4 Å². The Balaban J connectivity index is 1.41. The van der Waals surface area contributed by atoms with Gasteiger partial charge in [0.05, 0.1) is 6.10 Å². The van der Waals surface area contributed by atoms with Crippen LogP contribution in [-0.4, -0.2) is 12.7 Å². The lowest BCUT2D eigenvalue weighted by Gasteiger charge is -2.30. The Bertz CT molecular complexity index is 336. The number of unbranched alkanes of at least 4 members (excludes halogenated alkanes) is 6. The molecular formula is C27H52O. The number of hydrogen-bond acceptors (Lipinski definition) is 1. The Morgan fingerprint density at radius 3 is 1.50 bits per heavy atom. The SMILES string of the molecule is CCCCCCCC1CCC(OCCC[C@H]2CC[C@H](CCCCC)CC2)CC1. The second kappa shape index (κ2) is 15.8. The van der Waals surface area contributed by atoms with Crippen LogP contribution in [0.4, 0.5) is 0 Å². The maximum Gasteiger partial charge on any atom is 0.0575 e. The molecular weight excluding hydrogens is 340 g/mol. The summed E-state index contributed by atoms with van der Waals surface area (Å²) in [5.74, 6) is 3.07. The highest BCUT2D eigenvalue weighted by Gasteiger charge is 2.22. The van der Waals surface area contributed by atoms with E-state index < -0.39 is 0 Å². The van der Waals surface area contributed by atoms with Crippen molar-refractivity contribution in [2.75, 3.05) is 6.61 Å². The summed E-state index contributed by atoms with van der Waals surface area (Å²) < 4.78 is 6.27. The molecule has 1 heteroatoms. The molecule has 0 radical (unpaired) electrons. The fourth-order valence-corrected chi connectivity index (χ4v) is 5.74. The molecule has 0 amide bonds. The fraction of sp³-hybridized carbons (Fsp3) is 1.00. The summed E-state index contributed by atoms with van der Waals surface area (Å²) in [7, 11) is 0. The van der Waals surface area contributed by atoms with Crippen LogP contribution in [0.3, 0.4) is 0 Å². The van der Waals surface area contributed by atoms with Gasteiger partial charge in [0.2, 0.25) is 0 Å². The largest absolute Gasteiger partial charge is 0.378 e. The van der Waals surface area contributed by atoms with Gasteiger partial charge >= 0.3 is 0 Å². The van der Waals surface area contributed by atoms with Crippen molar-refractivity contribution in [1.29, 1.82) is 0 Å². The van der Waals surface area contributed by atoms with E-state index in [1.807, 2.05) is 0 Å².